The summed E-state index contributed by atoms with van der Waals surface area (Å²) in [7, 11) is 0. The Morgan fingerprint density at radius 2 is 1.67 bits per heavy atom. The van der Waals surface area contributed by atoms with Crippen molar-refractivity contribution in [3.8, 4) is 0 Å². The van der Waals surface area contributed by atoms with E-state index < -0.39 is 6.04 Å². The van der Waals surface area contributed by atoms with Gasteiger partial charge in [-0.05, 0) is 37.5 Å². The standard InChI is InChI=1S/C14H26N2O2/c1-9(2)13(15-11(4)17)14(18)16-12-7-5-10(3)6-8-12/h9-10,12-13H,5-8H2,1-4H3,(H,15,17)(H,16,18)/t10?,12?,13-/m0/s1. The molecule has 18 heavy (non-hydrogen) atoms. The Morgan fingerprint density at radius 1 is 1.11 bits per heavy atom. The van der Waals surface area contributed by atoms with Crippen LogP contribution in [0.15, 0.2) is 0 Å². The number of hydrogen-bond donors (Lipinski definition) is 2. The summed E-state index contributed by atoms with van der Waals surface area (Å²) < 4.78 is 0. The summed E-state index contributed by atoms with van der Waals surface area (Å²) in [6.45, 7) is 7.60. The molecule has 1 rings (SSSR count). The van der Waals surface area contributed by atoms with Crippen molar-refractivity contribution in [2.45, 2.75) is 65.5 Å². The Bertz CT molecular complexity index is 294. The summed E-state index contributed by atoms with van der Waals surface area (Å²) in [6, 6.07) is -0.134. The molecule has 0 spiro atoms. The number of carbonyl (C=O) groups excluding carboxylic acids is 2. The molecule has 4 heteroatoms. The normalized spacial score (nSPS) is 25.6. The Labute approximate surface area is 110 Å². The van der Waals surface area contributed by atoms with Gasteiger partial charge in [0.05, 0.1) is 0 Å². The van der Waals surface area contributed by atoms with Crippen LogP contribution in [0.1, 0.15) is 53.4 Å². The third-order valence-electron chi connectivity index (χ3n) is 3.67. The van der Waals surface area contributed by atoms with E-state index in [0.29, 0.717) is 0 Å². The summed E-state index contributed by atoms with van der Waals surface area (Å²) in [5, 5.41) is 5.80. The lowest BCUT2D eigenvalue weighted by Crippen LogP contribution is -2.52. The van der Waals surface area contributed by atoms with Crippen molar-refractivity contribution in [1.82, 2.24) is 10.6 Å². The van der Waals surface area contributed by atoms with Crippen LogP contribution in [0.4, 0.5) is 0 Å². The van der Waals surface area contributed by atoms with Crippen LogP contribution in [0.25, 0.3) is 0 Å². The molecule has 1 atom stereocenters. The van der Waals surface area contributed by atoms with Crippen molar-refractivity contribution in [3.05, 3.63) is 0 Å². The zero-order valence-electron chi connectivity index (χ0n) is 12.0. The van der Waals surface area contributed by atoms with Crippen LogP contribution in [0.2, 0.25) is 0 Å². The molecule has 1 aliphatic rings. The first kappa shape index (κ1) is 15.0. The molecule has 0 saturated heterocycles. The number of rotatable bonds is 4. The fraction of sp³-hybridized carbons (Fsp3) is 0.857. The molecule has 0 unspecified atom stereocenters. The molecular weight excluding hydrogens is 228 g/mol. The van der Waals surface area contributed by atoms with Crippen molar-refractivity contribution < 1.29 is 9.59 Å². The maximum Gasteiger partial charge on any atom is 0.243 e. The topological polar surface area (TPSA) is 58.2 Å². The molecular formula is C14H26N2O2. The van der Waals surface area contributed by atoms with Gasteiger partial charge in [0.25, 0.3) is 0 Å². The van der Waals surface area contributed by atoms with E-state index in [-0.39, 0.29) is 23.8 Å². The third-order valence-corrected chi connectivity index (χ3v) is 3.67. The zero-order valence-corrected chi connectivity index (χ0v) is 12.0. The van der Waals surface area contributed by atoms with Gasteiger partial charge in [0.15, 0.2) is 0 Å². The second-order valence-electron chi connectivity index (χ2n) is 5.89. The Balaban J connectivity index is 2.48. The summed E-state index contributed by atoms with van der Waals surface area (Å²) in [5.74, 6) is 0.687. The van der Waals surface area contributed by atoms with Gasteiger partial charge in [0.2, 0.25) is 11.8 Å². The summed E-state index contributed by atoms with van der Waals surface area (Å²) in [5.41, 5.74) is 0. The van der Waals surface area contributed by atoms with Crippen molar-refractivity contribution in [1.29, 1.82) is 0 Å². The predicted octanol–water partition coefficient (Wildman–Crippen LogP) is 1.84. The highest BCUT2D eigenvalue weighted by Crippen LogP contribution is 2.23. The zero-order chi connectivity index (χ0) is 13.7. The lowest BCUT2D eigenvalue weighted by atomic mass is 9.87. The quantitative estimate of drug-likeness (QED) is 0.804. The average molecular weight is 254 g/mol. The number of carbonyl (C=O) groups is 2. The first-order chi connectivity index (χ1) is 8.40. The highest BCUT2D eigenvalue weighted by Gasteiger charge is 2.26. The van der Waals surface area contributed by atoms with Crippen molar-refractivity contribution in [2.75, 3.05) is 0 Å². The minimum absolute atomic E-state index is 0.0419. The monoisotopic (exact) mass is 254 g/mol. The van der Waals surface area contributed by atoms with Crippen molar-refractivity contribution >= 4 is 11.8 Å². The van der Waals surface area contributed by atoms with Gasteiger partial charge in [-0.2, -0.15) is 0 Å². The van der Waals surface area contributed by atoms with Crippen LogP contribution in [0.3, 0.4) is 0 Å². The van der Waals surface area contributed by atoms with Gasteiger partial charge in [0, 0.05) is 13.0 Å². The summed E-state index contributed by atoms with van der Waals surface area (Å²) in [6.07, 6.45) is 4.46. The molecule has 0 aromatic carbocycles. The smallest absolute Gasteiger partial charge is 0.243 e. The molecule has 1 saturated carbocycles. The van der Waals surface area contributed by atoms with Crippen molar-refractivity contribution in [3.63, 3.8) is 0 Å². The predicted molar refractivity (Wildman–Crippen MR) is 72.0 cm³/mol. The van der Waals surface area contributed by atoms with E-state index in [4.69, 9.17) is 0 Å². The number of hydrogen-bond acceptors (Lipinski definition) is 2. The summed E-state index contributed by atoms with van der Waals surface area (Å²) >= 11 is 0. The average Bonchev–Trinajstić information content (AvgIpc) is 2.28. The maximum absolute atomic E-state index is 12.1. The van der Waals surface area contributed by atoms with E-state index in [2.05, 4.69) is 17.6 Å². The molecule has 104 valence electrons. The van der Waals surface area contributed by atoms with E-state index in [9.17, 15) is 9.59 Å². The number of nitrogens with one attached hydrogen (secondary N) is 2. The molecule has 2 N–H and O–H groups in total. The third kappa shape index (κ3) is 4.67. The van der Waals surface area contributed by atoms with Crippen LogP contribution in [0.5, 0.6) is 0 Å². The van der Waals surface area contributed by atoms with Gasteiger partial charge in [-0.15, -0.1) is 0 Å². The Kier molecular flexibility index (Phi) is 5.63. The van der Waals surface area contributed by atoms with Gasteiger partial charge in [-0.3, -0.25) is 9.59 Å². The van der Waals surface area contributed by atoms with E-state index in [1.54, 1.807) is 0 Å². The van der Waals surface area contributed by atoms with Gasteiger partial charge in [-0.1, -0.05) is 20.8 Å². The van der Waals surface area contributed by atoms with Gasteiger partial charge in [-0.25, -0.2) is 0 Å². The minimum atomic E-state index is -0.415. The van der Waals surface area contributed by atoms with Crippen LogP contribution in [-0.2, 0) is 9.59 Å². The van der Waals surface area contributed by atoms with Crippen LogP contribution in [0, 0.1) is 11.8 Å². The van der Waals surface area contributed by atoms with Crippen molar-refractivity contribution in [2.24, 2.45) is 11.8 Å². The Hall–Kier alpha value is -1.06. The SMILES string of the molecule is CC(=O)N[C@H](C(=O)NC1CCC(C)CC1)C(C)C. The highest BCUT2D eigenvalue weighted by atomic mass is 16.2. The van der Waals surface area contributed by atoms with E-state index in [1.165, 1.54) is 19.8 Å². The molecule has 0 aromatic rings. The maximum atomic E-state index is 12.1. The molecule has 0 radical (unpaired) electrons. The Morgan fingerprint density at radius 3 is 2.11 bits per heavy atom. The van der Waals surface area contributed by atoms with E-state index in [1.807, 2.05) is 13.8 Å². The van der Waals surface area contributed by atoms with E-state index >= 15 is 0 Å². The molecule has 4 nitrogen and oxygen atoms in total. The lowest BCUT2D eigenvalue weighted by Gasteiger charge is -2.29. The summed E-state index contributed by atoms with van der Waals surface area (Å²) in [4.78, 5) is 23.3. The van der Waals surface area contributed by atoms with Gasteiger partial charge >= 0.3 is 0 Å². The number of amides is 2. The minimum Gasteiger partial charge on any atom is -0.352 e. The van der Waals surface area contributed by atoms with Crippen LogP contribution >= 0.6 is 0 Å². The molecule has 1 aliphatic carbocycles. The second kappa shape index (κ2) is 6.76. The molecule has 2 amide bonds. The molecule has 0 aliphatic heterocycles. The lowest BCUT2D eigenvalue weighted by molar-refractivity contribution is -0.129. The highest BCUT2D eigenvalue weighted by molar-refractivity contribution is 5.87. The first-order valence-electron chi connectivity index (χ1n) is 6.97. The molecule has 1 fully saturated rings. The fourth-order valence-electron chi connectivity index (χ4n) is 2.45. The molecule has 0 aromatic heterocycles. The second-order valence-corrected chi connectivity index (χ2v) is 5.89. The fourth-order valence-corrected chi connectivity index (χ4v) is 2.45. The van der Waals surface area contributed by atoms with Gasteiger partial charge < -0.3 is 10.6 Å². The van der Waals surface area contributed by atoms with Gasteiger partial charge in [0.1, 0.15) is 6.04 Å². The molecule has 0 heterocycles. The first-order valence-corrected chi connectivity index (χ1v) is 6.97. The van der Waals surface area contributed by atoms with Crippen LogP contribution in [-0.4, -0.2) is 23.9 Å². The van der Waals surface area contributed by atoms with Crippen LogP contribution < -0.4 is 10.6 Å². The molecule has 0 bridgehead atoms. The largest absolute Gasteiger partial charge is 0.352 e. The van der Waals surface area contributed by atoms with E-state index in [0.717, 1.165) is 18.8 Å².